The molecule has 0 heterocycles. The van der Waals surface area contributed by atoms with E-state index in [0.717, 1.165) is 5.56 Å². The Hall–Kier alpha value is -2.14. The van der Waals surface area contributed by atoms with E-state index >= 15 is 0 Å². The van der Waals surface area contributed by atoms with Gasteiger partial charge in [0.2, 0.25) is 0 Å². The lowest BCUT2D eigenvalue weighted by Crippen LogP contribution is -2.29. The Kier molecular flexibility index (Phi) is 5.33. The third kappa shape index (κ3) is 3.54. The first kappa shape index (κ1) is 16.2. The number of nitrogens with two attached hydrogens (primary N) is 1. The molecule has 0 unspecified atom stereocenters. The Morgan fingerprint density at radius 2 is 1.95 bits per heavy atom. The maximum Gasteiger partial charge on any atom is 0.168 e. The first-order valence-electron chi connectivity index (χ1n) is 7.59. The van der Waals surface area contributed by atoms with Crippen molar-refractivity contribution in [1.29, 1.82) is 0 Å². The Balaban J connectivity index is 2.23. The van der Waals surface area contributed by atoms with Crippen molar-refractivity contribution in [2.45, 2.75) is 39.0 Å². The van der Waals surface area contributed by atoms with E-state index in [9.17, 15) is 9.59 Å². The van der Waals surface area contributed by atoms with Gasteiger partial charge in [-0.05, 0) is 37.0 Å². The van der Waals surface area contributed by atoms with Crippen molar-refractivity contribution in [2.24, 2.45) is 0 Å². The maximum atomic E-state index is 12.4. The van der Waals surface area contributed by atoms with Crippen LogP contribution in [0.25, 0.3) is 0 Å². The standard InChI is InChI=1S/C17H22N2O3/c1-3-14(19-22-4-2)17-15(20)9-12(10-16(17)21)11-6-5-7-13(18)8-11/h5-8,12,19H,3-4,9-10,18H2,1-2H3. The van der Waals surface area contributed by atoms with Crippen molar-refractivity contribution >= 4 is 17.3 Å². The highest BCUT2D eigenvalue weighted by atomic mass is 16.6. The summed E-state index contributed by atoms with van der Waals surface area (Å²) >= 11 is 0. The number of carbonyl (C=O) groups excluding carboxylic acids is 2. The summed E-state index contributed by atoms with van der Waals surface area (Å²) in [5, 5.41) is 0. The second kappa shape index (κ2) is 7.22. The van der Waals surface area contributed by atoms with Gasteiger partial charge in [0.15, 0.2) is 11.6 Å². The minimum atomic E-state index is -0.132. The molecule has 0 spiro atoms. The van der Waals surface area contributed by atoms with Gasteiger partial charge < -0.3 is 5.73 Å². The number of rotatable bonds is 5. The van der Waals surface area contributed by atoms with Crippen LogP contribution in [0.5, 0.6) is 0 Å². The number of nitrogens with one attached hydrogen (secondary N) is 1. The molecular formula is C17H22N2O3. The van der Waals surface area contributed by atoms with E-state index in [1.54, 1.807) is 6.07 Å². The van der Waals surface area contributed by atoms with Crippen molar-refractivity contribution in [3.05, 3.63) is 41.1 Å². The van der Waals surface area contributed by atoms with Crippen LogP contribution in [0.2, 0.25) is 0 Å². The highest BCUT2D eigenvalue weighted by molar-refractivity contribution is 6.22. The molecule has 0 aromatic heterocycles. The van der Waals surface area contributed by atoms with E-state index in [-0.39, 0.29) is 23.1 Å². The number of nitrogen functional groups attached to an aromatic ring is 1. The van der Waals surface area contributed by atoms with Gasteiger partial charge in [-0.3, -0.25) is 19.9 Å². The highest BCUT2D eigenvalue weighted by Crippen LogP contribution is 2.33. The second-order valence-electron chi connectivity index (χ2n) is 5.36. The fraction of sp³-hybridized carbons (Fsp3) is 0.412. The summed E-state index contributed by atoms with van der Waals surface area (Å²) in [6.07, 6.45) is 1.19. The van der Waals surface area contributed by atoms with E-state index in [4.69, 9.17) is 10.6 Å². The van der Waals surface area contributed by atoms with Gasteiger partial charge in [-0.15, -0.1) is 0 Å². The predicted octanol–water partition coefficient (Wildman–Crippen LogP) is 2.49. The quantitative estimate of drug-likeness (QED) is 0.378. The number of hydroxylamine groups is 1. The zero-order valence-corrected chi connectivity index (χ0v) is 13.0. The summed E-state index contributed by atoms with van der Waals surface area (Å²) in [6.45, 7) is 4.19. The molecule has 0 saturated heterocycles. The van der Waals surface area contributed by atoms with Gasteiger partial charge in [0.25, 0.3) is 0 Å². The number of Topliss-reactive ketones (excluding diaryl/α,β-unsaturated/α-hetero) is 2. The smallest absolute Gasteiger partial charge is 0.168 e. The molecule has 1 aliphatic rings. The zero-order valence-electron chi connectivity index (χ0n) is 13.0. The van der Waals surface area contributed by atoms with Crippen LogP contribution in [0.15, 0.2) is 35.5 Å². The van der Waals surface area contributed by atoms with Crippen LogP contribution in [-0.4, -0.2) is 18.2 Å². The van der Waals surface area contributed by atoms with Gasteiger partial charge in [0, 0.05) is 18.5 Å². The van der Waals surface area contributed by atoms with Crippen LogP contribution < -0.4 is 11.2 Å². The van der Waals surface area contributed by atoms with Crippen LogP contribution in [-0.2, 0) is 14.4 Å². The molecule has 1 aromatic rings. The fourth-order valence-electron chi connectivity index (χ4n) is 2.72. The van der Waals surface area contributed by atoms with E-state index in [0.29, 0.717) is 37.3 Å². The number of allylic oxidation sites excluding steroid dienone is 2. The molecule has 118 valence electrons. The van der Waals surface area contributed by atoms with Gasteiger partial charge in [0.05, 0.1) is 17.9 Å². The normalized spacial score (nSPS) is 18.5. The zero-order chi connectivity index (χ0) is 16.1. The molecule has 0 amide bonds. The Morgan fingerprint density at radius 3 is 2.50 bits per heavy atom. The number of anilines is 1. The number of carbonyl (C=O) groups is 2. The topological polar surface area (TPSA) is 81.4 Å². The Labute approximate surface area is 130 Å². The molecule has 2 rings (SSSR count). The summed E-state index contributed by atoms with van der Waals surface area (Å²) in [7, 11) is 0. The monoisotopic (exact) mass is 302 g/mol. The van der Waals surface area contributed by atoms with Gasteiger partial charge in [0.1, 0.15) is 0 Å². The molecule has 3 N–H and O–H groups in total. The van der Waals surface area contributed by atoms with Crippen molar-refractivity contribution in [3.8, 4) is 0 Å². The third-order valence-electron chi connectivity index (χ3n) is 3.80. The molecule has 0 radical (unpaired) electrons. The fourth-order valence-corrected chi connectivity index (χ4v) is 2.72. The van der Waals surface area contributed by atoms with Crippen LogP contribution in [0.3, 0.4) is 0 Å². The molecule has 0 bridgehead atoms. The van der Waals surface area contributed by atoms with Crippen LogP contribution in [0, 0.1) is 0 Å². The lowest BCUT2D eigenvalue weighted by Gasteiger charge is -2.24. The number of ketones is 2. The molecule has 0 atom stereocenters. The lowest BCUT2D eigenvalue weighted by molar-refractivity contribution is -0.124. The van der Waals surface area contributed by atoms with Crippen molar-refractivity contribution in [2.75, 3.05) is 12.3 Å². The van der Waals surface area contributed by atoms with E-state index in [2.05, 4.69) is 5.48 Å². The molecule has 1 fully saturated rings. The van der Waals surface area contributed by atoms with Gasteiger partial charge in [-0.1, -0.05) is 19.1 Å². The largest absolute Gasteiger partial charge is 0.399 e. The number of benzene rings is 1. The summed E-state index contributed by atoms with van der Waals surface area (Å²) in [5.74, 6) is -0.363. The molecule has 5 heteroatoms. The Morgan fingerprint density at radius 1 is 1.27 bits per heavy atom. The molecule has 1 saturated carbocycles. The maximum absolute atomic E-state index is 12.4. The van der Waals surface area contributed by atoms with Crippen molar-refractivity contribution in [1.82, 2.24) is 5.48 Å². The van der Waals surface area contributed by atoms with Crippen LogP contribution >= 0.6 is 0 Å². The summed E-state index contributed by atoms with van der Waals surface area (Å²) in [6, 6.07) is 7.39. The predicted molar refractivity (Wildman–Crippen MR) is 84.9 cm³/mol. The number of hydrogen-bond acceptors (Lipinski definition) is 5. The second-order valence-corrected chi connectivity index (χ2v) is 5.36. The Bertz CT molecular complexity index is 588. The summed E-state index contributed by atoms with van der Waals surface area (Å²) in [5.41, 5.74) is 10.9. The first-order chi connectivity index (χ1) is 10.6. The lowest BCUT2D eigenvalue weighted by atomic mass is 9.79. The van der Waals surface area contributed by atoms with E-state index in [1.165, 1.54) is 0 Å². The van der Waals surface area contributed by atoms with E-state index < -0.39 is 0 Å². The highest BCUT2D eigenvalue weighted by Gasteiger charge is 2.33. The van der Waals surface area contributed by atoms with E-state index in [1.807, 2.05) is 32.0 Å². The third-order valence-corrected chi connectivity index (χ3v) is 3.80. The summed E-state index contributed by atoms with van der Waals surface area (Å²) < 4.78 is 0. The molecule has 5 nitrogen and oxygen atoms in total. The van der Waals surface area contributed by atoms with Gasteiger partial charge in [-0.25, -0.2) is 0 Å². The SMILES string of the molecule is CCONC(CC)=C1C(=O)CC(c2cccc(N)c2)CC1=O. The average Bonchev–Trinajstić information content (AvgIpc) is 2.49. The molecule has 1 aliphatic carbocycles. The number of hydrogen-bond donors (Lipinski definition) is 2. The van der Waals surface area contributed by atoms with Crippen molar-refractivity contribution < 1.29 is 14.4 Å². The average molecular weight is 302 g/mol. The molecule has 22 heavy (non-hydrogen) atoms. The van der Waals surface area contributed by atoms with Crippen LogP contribution in [0.4, 0.5) is 5.69 Å². The van der Waals surface area contributed by atoms with Crippen LogP contribution in [0.1, 0.15) is 44.6 Å². The first-order valence-corrected chi connectivity index (χ1v) is 7.59. The molecule has 0 aliphatic heterocycles. The summed E-state index contributed by atoms with van der Waals surface area (Å²) in [4.78, 5) is 30.0. The minimum Gasteiger partial charge on any atom is -0.399 e. The van der Waals surface area contributed by atoms with Gasteiger partial charge >= 0.3 is 0 Å². The van der Waals surface area contributed by atoms with Gasteiger partial charge in [-0.2, -0.15) is 0 Å². The minimum absolute atomic E-state index is 0.0996. The molecular weight excluding hydrogens is 280 g/mol. The van der Waals surface area contributed by atoms with Crippen molar-refractivity contribution in [3.63, 3.8) is 0 Å². The molecule has 1 aromatic carbocycles.